The lowest BCUT2D eigenvalue weighted by molar-refractivity contribution is -0.140. The lowest BCUT2D eigenvalue weighted by atomic mass is 9.73. The van der Waals surface area contributed by atoms with Gasteiger partial charge in [-0.3, -0.25) is 4.79 Å². The van der Waals surface area contributed by atoms with E-state index in [-0.39, 0.29) is 5.91 Å². The number of carbonyl (C=O) groups is 1. The molecular formula is C17H26N2O2. The second-order valence-corrected chi connectivity index (χ2v) is 6.09. The largest absolute Gasteiger partial charge is 0.381 e. The maximum absolute atomic E-state index is 13.1. The van der Waals surface area contributed by atoms with Gasteiger partial charge in [-0.1, -0.05) is 30.3 Å². The zero-order chi connectivity index (χ0) is 15.3. The topological polar surface area (TPSA) is 32.8 Å². The summed E-state index contributed by atoms with van der Waals surface area (Å²) < 4.78 is 5.50. The summed E-state index contributed by atoms with van der Waals surface area (Å²) >= 11 is 0. The Labute approximate surface area is 127 Å². The van der Waals surface area contributed by atoms with Crippen LogP contribution in [0.15, 0.2) is 30.3 Å². The number of ether oxygens (including phenoxy) is 1. The number of amides is 1. The van der Waals surface area contributed by atoms with Gasteiger partial charge in [0.15, 0.2) is 0 Å². The number of carbonyl (C=O) groups excluding carboxylic acids is 1. The standard InChI is InChI=1S/C17H26N2O2/c1-18(2)11-12-19(3)16(20)17(9-13-21-14-10-17)15-7-5-4-6-8-15/h4-8H,9-14H2,1-3H3. The van der Waals surface area contributed by atoms with Gasteiger partial charge in [-0.2, -0.15) is 0 Å². The highest BCUT2D eigenvalue weighted by Crippen LogP contribution is 2.36. The summed E-state index contributed by atoms with van der Waals surface area (Å²) in [5.74, 6) is 0.221. The van der Waals surface area contributed by atoms with E-state index in [0.29, 0.717) is 13.2 Å². The van der Waals surface area contributed by atoms with E-state index in [9.17, 15) is 4.79 Å². The third-order valence-corrected chi connectivity index (χ3v) is 4.31. The number of likely N-dealkylation sites (N-methyl/N-ethyl adjacent to an activating group) is 2. The summed E-state index contributed by atoms with van der Waals surface area (Å²) in [6.45, 7) is 2.94. The van der Waals surface area contributed by atoms with Crippen molar-refractivity contribution in [2.24, 2.45) is 0 Å². The van der Waals surface area contributed by atoms with Gasteiger partial charge in [-0.05, 0) is 32.5 Å². The van der Waals surface area contributed by atoms with Crippen molar-refractivity contribution < 1.29 is 9.53 Å². The average Bonchev–Trinajstić information content (AvgIpc) is 2.53. The van der Waals surface area contributed by atoms with Gasteiger partial charge in [-0.25, -0.2) is 0 Å². The van der Waals surface area contributed by atoms with Gasteiger partial charge < -0.3 is 14.5 Å². The van der Waals surface area contributed by atoms with Crippen LogP contribution in [0.2, 0.25) is 0 Å². The zero-order valence-electron chi connectivity index (χ0n) is 13.3. The summed E-state index contributed by atoms with van der Waals surface area (Å²) in [6.07, 6.45) is 1.53. The molecule has 0 radical (unpaired) electrons. The molecule has 116 valence electrons. The minimum Gasteiger partial charge on any atom is -0.381 e. The van der Waals surface area contributed by atoms with Crippen LogP contribution in [0.25, 0.3) is 0 Å². The minimum atomic E-state index is -0.416. The van der Waals surface area contributed by atoms with E-state index in [1.165, 1.54) is 0 Å². The van der Waals surface area contributed by atoms with Gasteiger partial charge in [0.1, 0.15) is 0 Å². The van der Waals surface area contributed by atoms with Crippen LogP contribution >= 0.6 is 0 Å². The van der Waals surface area contributed by atoms with Crippen molar-refractivity contribution >= 4 is 5.91 Å². The molecule has 1 fully saturated rings. The van der Waals surface area contributed by atoms with Gasteiger partial charge in [0.25, 0.3) is 0 Å². The molecule has 1 heterocycles. The van der Waals surface area contributed by atoms with Gasteiger partial charge in [0.05, 0.1) is 5.41 Å². The first kappa shape index (κ1) is 16.0. The number of benzene rings is 1. The molecule has 1 aliphatic rings. The second-order valence-electron chi connectivity index (χ2n) is 6.09. The van der Waals surface area contributed by atoms with E-state index < -0.39 is 5.41 Å². The van der Waals surface area contributed by atoms with Crippen molar-refractivity contribution in [3.63, 3.8) is 0 Å². The smallest absolute Gasteiger partial charge is 0.233 e. The molecule has 1 aliphatic heterocycles. The highest BCUT2D eigenvalue weighted by atomic mass is 16.5. The van der Waals surface area contributed by atoms with E-state index >= 15 is 0 Å². The predicted molar refractivity (Wildman–Crippen MR) is 84.4 cm³/mol. The third-order valence-electron chi connectivity index (χ3n) is 4.31. The van der Waals surface area contributed by atoms with Crippen LogP contribution in [0.3, 0.4) is 0 Å². The Morgan fingerprint density at radius 2 is 1.71 bits per heavy atom. The Kier molecular flexibility index (Phi) is 5.37. The van der Waals surface area contributed by atoms with Gasteiger partial charge in [-0.15, -0.1) is 0 Å². The summed E-state index contributed by atoms with van der Waals surface area (Å²) in [5.41, 5.74) is 0.704. The molecule has 21 heavy (non-hydrogen) atoms. The first-order chi connectivity index (χ1) is 10.1. The fraction of sp³-hybridized carbons (Fsp3) is 0.588. The molecule has 1 aromatic carbocycles. The monoisotopic (exact) mass is 290 g/mol. The molecule has 0 saturated carbocycles. The summed E-state index contributed by atoms with van der Waals surface area (Å²) in [6, 6.07) is 10.2. The number of hydrogen-bond donors (Lipinski definition) is 0. The summed E-state index contributed by atoms with van der Waals surface area (Å²) in [5, 5.41) is 0. The van der Waals surface area contributed by atoms with E-state index in [1.807, 2.05) is 44.2 Å². The Bertz CT molecular complexity index is 453. The van der Waals surface area contributed by atoms with E-state index in [0.717, 1.165) is 31.5 Å². The van der Waals surface area contributed by atoms with Crippen LogP contribution in [-0.4, -0.2) is 63.2 Å². The fourth-order valence-electron chi connectivity index (χ4n) is 2.92. The Morgan fingerprint density at radius 3 is 2.29 bits per heavy atom. The van der Waals surface area contributed by atoms with Crippen molar-refractivity contribution in [3.05, 3.63) is 35.9 Å². The molecule has 0 aromatic heterocycles. The third kappa shape index (κ3) is 3.63. The maximum Gasteiger partial charge on any atom is 0.233 e. The molecular weight excluding hydrogens is 264 g/mol. The van der Waals surface area contributed by atoms with Gasteiger partial charge >= 0.3 is 0 Å². The SMILES string of the molecule is CN(C)CCN(C)C(=O)C1(c2ccccc2)CCOCC1. The van der Waals surface area contributed by atoms with Crippen molar-refractivity contribution in [1.82, 2.24) is 9.80 Å². The van der Waals surface area contributed by atoms with Crippen molar-refractivity contribution in [2.75, 3.05) is 47.4 Å². The molecule has 4 nitrogen and oxygen atoms in total. The molecule has 0 atom stereocenters. The molecule has 0 unspecified atom stereocenters. The predicted octanol–water partition coefficient (Wildman–Crippen LogP) is 1.75. The summed E-state index contributed by atoms with van der Waals surface area (Å²) in [7, 11) is 5.96. The van der Waals surface area contributed by atoms with Crippen molar-refractivity contribution in [2.45, 2.75) is 18.3 Å². The number of rotatable bonds is 5. The van der Waals surface area contributed by atoms with Crippen molar-refractivity contribution in [1.29, 1.82) is 0 Å². The Balaban J connectivity index is 2.21. The summed E-state index contributed by atoms with van der Waals surface area (Å²) in [4.78, 5) is 17.1. The lowest BCUT2D eigenvalue weighted by Crippen LogP contribution is -2.49. The lowest BCUT2D eigenvalue weighted by Gasteiger charge is -2.39. The fourth-order valence-corrected chi connectivity index (χ4v) is 2.92. The molecule has 4 heteroatoms. The maximum atomic E-state index is 13.1. The van der Waals surface area contributed by atoms with E-state index in [4.69, 9.17) is 4.74 Å². The molecule has 0 bridgehead atoms. The van der Waals surface area contributed by atoms with Gasteiger partial charge in [0, 0.05) is 33.4 Å². The first-order valence-electron chi connectivity index (χ1n) is 7.60. The first-order valence-corrected chi connectivity index (χ1v) is 7.60. The molecule has 1 aromatic rings. The van der Waals surface area contributed by atoms with Crippen LogP contribution in [0, 0.1) is 0 Å². The number of nitrogens with zero attached hydrogens (tertiary/aromatic N) is 2. The van der Waals surface area contributed by atoms with E-state index in [1.54, 1.807) is 0 Å². The van der Waals surface area contributed by atoms with Gasteiger partial charge in [0.2, 0.25) is 5.91 Å². The quantitative estimate of drug-likeness (QED) is 0.828. The van der Waals surface area contributed by atoms with Crippen LogP contribution in [0.5, 0.6) is 0 Å². The van der Waals surface area contributed by atoms with Crippen molar-refractivity contribution in [3.8, 4) is 0 Å². The van der Waals surface area contributed by atoms with Crippen LogP contribution < -0.4 is 0 Å². The minimum absolute atomic E-state index is 0.221. The van der Waals surface area contributed by atoms with Crippen LogP contribution in [-0.2, 0) is 14.9 Å². The highest BCUT2D eigenvalue weighted by Gasteiger charge is 2.43. The number of hydrogen-bond acceptors (Lipinski definition) is 3. The molecule has 2 rings (SSSR count). The second kappa shape index (κ2) is 7.05. The molecule has 1 amide bonds. The Morgan fingerprint density at radius 1 is 1.10 bits per heavy atom. The molecule has 0 N–H and O–H groups in total. The molecule has 1 saturated heterocycles. The van der Waals surface area contributed by atoms with Crippen LogP contribution in [0.4, 0.5) is 0 Å². The molecule has 0 aliphatic carbocycles. The van der Waals surface area contributed by atoms with Crippen LogP contribution in [0.1, 0.15) is 18.4 Å². The average molecular weight is 290 g/mol. The highest BCUT2D eigenvalue weighted by molar-refractivity contribution is 5.88. The zero-order valence-corrected chi connectivity index (χ0v) is 13.3. The molecule has 0 spiro atoms. The van der Waals surface area contributed by atoms with E-state index in [2.05, 4.69) is 17.0 Å². The normalized spacial score (nSPS) is 17.7. The Hall–Kier alpha value is -1.39.